The van der Waals surface area contributed by atoms with Gasteiger partial charge in [0.25, 0.3) is 5.91 Å². The SMILES string of the molecule is O=C1CCCCC(Cc2ccc(N3CC(=O)NS3(=O)=O)c(O)c2)N1. The Bertz CT molecular complexity index is 777. The number of benzene rings is 1. The molecule has 2 amide bonds. The van der Waals surface area contributed by atoms with Crippen LogP contribution in [0.1, 0.15) is 31.2 Å². The minimum absolute atomic E-state index is 0.00372. The van der Waals surface area contributed by atoms with E-state index in [1.54, 1.807) is 6.07 Å². The molecule has 8 nitrogen and oxygen atoms in total. The van der Waals surface area contributed by atoms with Crippen molar-refractivity contribution in [2.45, 2.75) is 38.1 Å². The summed E-state index contributed by atoms with van der Waals surface area (Å²) in [7, 11) is -3.95. The fourth-order valence-corrected chi connectivity index (χ4v) is 4.22. The van der Waals surface area contributed by atoms with Gasteiger partial charge in [-0.1, -0.05) is 12.5 Å². The molecule has 1 aromatic carbocycles. The van der Waals surface area contributed by atoms with Crippen LogP contribution in [0.15, 0.2) is 18.2 Å². The maximum absolute atomic E-state index is 11.8. The van der Waals surface area contributed by atoms with Crippen LogP contribution < -0.4 is 14.3 Å². The Balaban J connectivity index is 1.77. The Morgan fingerprint density at radius 1 is 1.21 bits per heavy atom. The average molecular weight is 353 g/mol. The monoisotopic (exact) mass is 353 g/mol. The highest BCUT2D eigenvalue weighted by Gasteiger charge is 2.35. The van der Waals surface area contributed by atoms with Crippen LogP contribution >= 0.6 is 0 Å². The van der Waals surface area contributed by atoms with Crippen LogP contribution in [0.25, 0.3) is 0 Å². The van der Waals surface area contributed by atoms with Crippen molar-refractivity contribution < 1.29 is 23.1 Å². The summed E-state index contributed by atoms with van der Waals surface area (Å²) in [4.78, 5) is 22.9. The van der Waals surface area contributed by atoms with Gasteiger partial charge in [0.2, 0.25) is 5.91 Å². The van der Waals surface area contributed by atoms with Gasteiger partial charge < -0.3 is 10.4 Å². The molecule has 2 heterocycles. The Labute approximate surface area is 140 Å². The lowest BCUT2D eigenvalue weighted by Gasteiger charge is -2.19. The Kier molecular flexibility index (Phi) is 4.35. The molecule has 2 aliphatic rings. The molecule has 0 spiro atoms. The highest BCUT2D eigenvalue weighted by Crippen LogP contribution is 2.31. The summed E-state index contributed by atoms with van der Waals surface area (Å²) in [6.07, 6.45) is 3.80. The van der Waals surface area contributed by atoms with Gasteiger partial charge in [0.15, 0.2) is 0 Å². The van der Waals surface area contributed by atoms with Crippen molar-refractivity contribution in [3.8, 4) is 5.75 Å². The number of nitrogens with one attached hydrogen (secondary N) is 2. The summed E-state index contributed by atoms with van der Waals surface area (Å²) in [5.74, 6) is -0.821. The quantitative estimate of drug-likeness (QED) is 0.717. The molecule has 9 heteroatoms. The Morgan fingerprint density at radius 3 is 2.67 bits per heavy atom. The predicted octanol–water partition coefficient (Wildman–Crippen LogP) is 0.175. The highest BCUT2D eigenvalue weighted by molar-refractivity contribution is 7.92. The van der Waals surface area contributed by atoms with E-state index in [1.807, 2.05) is 4.72 Å². The van der Waals surface area contributed by atoms with Crippen LogP contribution in [0, 0.1) is 0 Å². The number of nitrogens with zero attached hydrogens (tertiary/aromatic N) is 1. The van der Waals surface area contributed by atoms with Crippen molar-refractivity contribution in [1.82, 2.24) is 10.0 Å². The fourth-order valence-electron chi connectivity index (χ4n) is 3.05. The normalized spacial score (nSPS) is 23.5. The van der Waals surface area contributed by atoms with E-state index >= 15 is 0 Å². The van der Waals surface area contributed by atoms with Gasteiger partial charge in [-0.25, -0.2) is 9.03 Å². The van der Waals surface area contributed by atoms with E-state index < -0.39 is 16.1 Å². The van der Waals surface area contributed by atoms with Gasteiger partial charge in [-0.3, -0.25) is 9.59 Å². The standard InChI is InChI=1S/C15H19N3O5S/c19-13-8-10(7-11-3-1-2-4-14(20)16-11)5-6-12(13)18-9-15(21)17-24(18,22)23/h5-6,8,11,19H,1-4,7,9H2,(H,16,20)(H,17,21). The fraction of sp³-hybridized carbons (Fsp3) is 0.467. The van der Waals surface area contributed by atoms with Gasteiger partial charge in [0, 0.05) is 12.5 Å². The van der Waals surface area contributed by atoms with Gasteiger partial charge in [0.1, 0.15) is 12.3 Å². The average Bonchev–Trinajstić information content (AvgIpc) is 2.64. The van der Waals surface area contributed by atoms with Crippen molar-refractivity contribution in [2.75, 3.05) is 10.8 Å². The number of amides is 2. The summed E-state index contributed by atoms with van der Waals surface area (Å²) in [6, 6.07) is 4.65. The topological polar surface area (TPSA) is 116 Å². The summed E-state index contributed by atoms with van der Waals surface area (Å²) < 4.78 is 26.4. The second-order valence-electron chi connectivity index (χ2n) is 6.07. The molecule has 2 saturated heterocycles. The molecule has 2 aliphatic heterocycles. The maximum Gasteiger partial charge on any atom is 0.326 e. The number of hydrogen-bond acceptors (Lipinski definition) is 5. The number of phenols is 1. The van der Waals surface area contributed by atoms with E-state index in [9.17, 15) is 23.1 Å². The summed E-state index contributed by atoms with van der Waals surface area (Å²) in [6.45, 7) is -0.353. The molecule has 0 aliphatic carbocycles. The van der Waals surface area contributed by atoms with E-state index in [0.717, 1.165) is 29.1 Å². The first kappa shape index (κ1) is 16.6. The molecule has 0 radical (unpaired) electrons. The van der Waals surface area contributed by atoms with Crippen molar-refractivity contribution in [1.29, 1.82) is 0 Å². The van der Waals surface area contributed by atoms with Crippen molar-refractivity contribution in [3.05, 3.63) is 23.8 Å². The van der Waals surface area contributed by atoms with Crippen LogP contribution in [-0.2, 0) is 26.2 Å². The van der Waals surface area contributed by atoms with Crippen molar-refractivity contribution in [3.63, 3.8) is 0 Å². The lowest BCUT2D eigenvalue weighted by atomic mass is 10.0. The summed E-state index contributed by atoms with van der Waals surface area (Å²) >= 11 is 0. The van der Waals surface area contributed by atoms with Crippen molar-refractivity contribution >= 4 is 27.7 Å². The van der Waals surface area contributed by atoms with Crippen LogP contribution in [0.5, 0.6) is 5.75 Å². The first-order valence-corrected chi connectivity index (χ1v) is 9.24. The van der Waals surface area contributed by atoms with E-state index in [4.69, 9.17) is 0 Å². The molecule has 130 valence electrons. The highest BCUT2D eigenvalue weighted by atomic mass is 32.2. The second-order valence-corrected chi connectivity index (χ2v) is 7.67. The number of carbonyl (C=O) groups excluding carboxylic acids is 2. The van der Waals surface area contributed by atoms with E-state index in [0.29, 0.717) is 12.8 Å². The molecule has 3 rings (SSSR count). The zero-order chi connectivity index (χ0) is 17.3. The van der Waals surface area contributed by atoms with E-state index in [2.05, 4.69) is 5.32 Å². The zero-order valence-corrected chi connectivity index (χ0v) is 13.8. The first-order valence-electron chi connectivity index (χ1n) is 7.80. The van der Waals surface area contributed by atoms with Gasteiger partial charge >= 0.3 is 10.2 Å². The summed E-state index contributed by atoms with van der Waals surface area (Å²) in [5, 5.41) is 13.1. The van der Waals surface area contributed by atoms with Crippen LogP contribution in [0.4, 0.5) is 5.69 Å². The maximum atomic E-state index is 11.8. The van der Waals surface area contributed by atoms with Gasteiger partial charge in [0.05, 0.1) is 5.69 Å². The molecule has 0 bridgehead atoms. The van der Waals surface area contributed by atoms with E-state index in [1.165, 1.54) is 12.1 Å². The van der Waals surface area contributed by atoms with Gasteiger partial charge in [-0.2, -0.15) is 8.42 Å². The number of rotatable bonds is 3. The Hall–Kier alpha value is -2.29. The van der Waals surface area contributed by atoms with Crippen LogP contribution in [0.3, 0.4) is 0 Å². The second kappa shape index (κ2) is 6.31. The molecule has 0 saturated carbocycles. The molecule has 2 fully saturated rings. The molecular formula is C15H19N3O5S. The smallest absolute Gasteiger partial charge is 0.326 e. The molecule has 3 N–H and O–H groups in total. The number of carbonyl (C=O) groups is 2. The lowest BCUT2D eigenvalue weighted by molar-refractivity contribution is -0.121. The number of phenolic OH excluding ortho intramolecular Hbond substituents is 1. The van der Waals surface area contributed by atoms with Crippen LogP contribution in [0.2, 0.25) is 0 Å². The Morgan fingerprint density at radius 2 is 2.00 bits per heavy atom. The molecule has 1 atom stereocenters. The van der Waals surface area contributed by atoms with E-state index in [-0.39, 0.29) is 29.9 Å². The first-order chi connectivity index (χ1) is 11.3. The largest absolute Gasteiger partial charge is 0.506 e. The molecule has 24 heavy (non-hydrogen) atoms. The molecule has 1 unspecified atom stereocenters. The molecular weight excluding hydrogens is 334 g/mol. The van der Waals surface area contributed by atoms with Crippen molar-refractivity contribution in [2.24, 2.45) is 0 Å². The number of aromatic hydroxyl groups is 1. The minimum atomic E-state index is -3.95. The molecule has 1 aromatic rings. The number of anilines is 1. The lowest BCUT2D eigenvalue weighted by Crippen LogP contribution is -2.34. The molecule has 0 aromatic heterocycles. The third-order valence-corrected chi connectivity index (χ3v) is 5.57. The van der Waals surface area contributed by atoms with Gasteiger partial charge in [-0.15, -0.1) is 0 Å². The van der Waals surface area contributed by atoms with Crippen LogP contribution in [-0.4, -0.2) is 37.9 Å². The predicted molar refractivity (Wildman–Crippen MR) is 86.6 cm³/mol. The minimum Gasteiger partial charge on any atom is -0.506 e. The number of hydrogen-bond donors (Lipinski definition) is 3. The summed E-state index contributed by atoms with van der Waals surface area (Å²) in [5.41, 5.74) is 0.848. The third-order valence-electron chi connectivity index (χ3n) is 4.18. The van der Waals surface area contributed by atoms with Gasteiger partial charge in [-0.05, 0) is 37.0 Å². The zero-order valence-electron chi connectivity index (χ0n) is 13.0. The third kappa shape index (κ3) is 3.45.